The van der Waals surface area contributed by atoms with Crippen molar-refractivity contribution in [1.82, 2.24) is 0 Å². The van der Waals surface area contributed by atoms with Gasteiger partial charge >= 0.3 is 8.80 Å². The van der Waals surface area contributed by atoms with Crippen LogP contribution in [0.2, 0.25) is 6.04 Å². The Balaban J connectivity index is 0. The normalized spacial score (nSPS) is 10.7. The Bertz CT molecular complexity index is 169. The molecule has 0 unspecified atom stereocenters. The third-order valence-electron chi connectivity index (χ3n) is 2.77. The van der Waals surface area contributed by atoms with Gasteiger partial charge in [-0.2, -0.15) is 0 Å². The van der Waals surface area contributed by atoms with Crippen molar-refractivity contribution in [3.8, 4) is 0 Å². The number of thiol groups is 1. The fourth-order valence-electron chi connectivity index (χ4n) is 1.68. The summed E-state index contributed by atoms with van der Waals surface area (Å²) in [6, 6.07) is 0.933. The number of hydrogen-bond donors (Lipinski definition) is 1. The van der Waals surface area contributed by atoms with Crippen molar-refractivity contribution < 1.29 is 18.1 Å². The molecule has 0 saturated carbocycles. The van der Waals surface area contributed by atoms with Crippen LogP contribution in [-0.4, -0.2) is 35.8 Å². The maximum Gasteiger partial charge on any atom is 0.500 e. The summed E-state index contributed by atoms with van der Waals surface area (Å²) in [6.45, 7) is 2.23. The standard InChI is InChI=1S/C11H26O3Si.CH2OS/c1-5-6-7-8-9-10-11-15(12-2,13-3)14-4;2-1-3/h5-11H2,1-4H3;1H,(H,2,3). The molecular weight excluding hydrogens is 268 g/mol. The Morgan fingerprint density at radius 2 is 1.33 bits per heavy atom. The van der Waals surface area contributed by atoms with Gasteiger partial charge in [0.25, 0.3) is 0 Å². The van der Waals surface area contributed by atoms with E-state index in [1.54, 1.807) is 21.3 Å². The number of carbonyl (C=O) groups excluding carboxylic acids is 1. The first-order valence-corrected chi connectivity index (χ1v) is 8.84. The SMILES string of the molecule is CCCCCCCC[Si](OC)(OC)OC.O=CS. The molecule has 18 heavy (non-hydrogen) atoms. The highest BCUT2D eigenvalue weighted by Gasteiger charge is 2.36. The first kappa shape index (κ1) is 20.4. The molecule has 0 aromatic heterocycles. The van der Waals surface area contributed by atoms with Crippen molar-refractivity contribution in [1.29, 1.82) is 0 Å². The number of unbranched alkanes of at least 4 members (excludes halogenated alkanes) is 5. The summed E-state index contributed by atoms with van der Waals surface area (Å²) in [6.07, 6.45) is 7.71. The molecule has 0 rings (SSSR count). The lowest BCUT2D eigenvalue weighted by molar-refractivity contribution is 0.122. The molecule has 0 aliphatic rings. The van der Waals surface area contributed by atoms with Gasteiger partial charge in [0.2, 0.25) is 0 Å². The summed E-state index contributed by atoms with van der Waals surface area (Å²) < 4.78 is 16.1. The smallest absolute Gasteiger partial charge is 0.377 e. The first-order valence-electron chi connectivity index (χ1n) is 6.39. The van der Waals surface area contributed by atoms with Gasteiger partial charge in [-0.05, 0) is 6.42 Å². The van der Waals surface area contributed by atoms with Crippen molar-refractivity contribution in [2.45, 2.75) is 51.5 Å². The molecule has 0 bridgehead atoms. The second kappa shape index (κ2) is 15.2. The van der Waals surface area contributed by atoms with Gasteiger partial charge in [-0.25, -0.2) is 0 Å². The molecule has 0 fully saturated rings. The number of hydrogen-bond acceptors (Lipinski definition) is 4. The topological polar surface area (TPSA) is 44.8 Å². The maximum absolute atomic E-state index is 8.67. The second-order valence-corrected chi connectivity index (χ2v) is 7.22. The van der Waals surface area contributed by atoms with Gasteiger partial charge in [0.15, 0.2) is 5.62 Å². The van der Waals surface area contributed by atoms with Gasteiger partial charge in [0, 0.05) is 27.4 Å². The predicted molar refractivity (Wildman–Crippen MR) is 80.7 cm³/mol. The molecule has 6 heteroatoms. The lowest BCUT2D eigenvalue weighted by atomic mass is 10.1. The van der Waals surface area contributed by atoms with Crippen molar-refractivity contribution in [2.75, 3.05) is 21.3 Å². The molecule has 0 aromatic rings. The minimum atomic E-state index is -2.29. The van der Waals surface area contributed by atoms with E-state index in [-0.39, 0.29) is 0 Å². The Morgan fingerprint density at radius 3 is 1.72 bits per heavy atom. The Labute approximate surface area is 118 Å². The largest absolute Gasteiger partial charge is 0.500 e. The molecule has 0 spiro atoms. The molecule has 4 nitrogen and oxygen atoms in total. The van der Waals surface area contributed by atoms with Gasteiger partial charge in [-0.15, -0.1) is 12.6 Å². The van der Waals surface area contributed by atoms with Crippen LogP contribution in [0.3, 0.4) is 0 Å². The minimum absolute atomic E-state index is 0.444. The molecule has 0 heterocycles. The van der Waals surface area contributed by atoms with E-state index in [0.29, 0.717) is 5.62 Å². The highest BCUT2D eigenvalue weighted by molar-refractivity contribution is 7.94. The third-order valence-corrected chi connectivity index (χ3v) is 5.60. The van der Waals surface area contributed by atoms with Crippen LogP contribution in [0, 0.1) is 0 Å². The molecule has 0 radical (unpaired) electrons. The van der Waals surface area contributed by atoms with E-state index in [4.69, 9.17) is 18.1 Å². The van der Waals surface area contributed by atoms with Crippen LogP contribution in [0.25, 0.3) is 0 Å². The molecule has 0 aliphatic carbocycles. The highest BCUT2D eigenvalue weighted by Crippen LogP contribution is 2.17. The number of carbonyl (C=O) groups is 1. The molecule has 110 valence electrons. The summed E-state index contributed by atoms with van der Waals surface area (Å²) in [4.78, 5) is 8.67. The van der Waals surface area contributed by atoms with Crippen LogP contribution in [0.15, 0.2) is 0 Å². The van der Waals surface area contributed by atoms with Crippen molar-refractivity contribution in [3.63, 3.8) is 0 Å². The lowest BCUT2D eigenvalue weighted by Gasteiger charge is -2.24. The maximum atomic E-state index is 8.67. The molecule has 0 N–H and O–H groups in total. The van der Waals surface area contributed by atoms with E-state index in [9.17, 15) is 0 Å². The molecule has 0 saturated heterocycles. The molecular formula is C12H28O4SSi. The van der Waals surface area contributed by atoms with Crippen molar-refractivity contribution >= 4 is 27.1 Å². The van der Waals surface area contributed by atoms with E-state index in [0.717, 1.165) is 12.5 Å². The Morgan fingerprint density at radius 1 is 0.944 bits per heavy atom. The van der Waals surface area contributed by atoms with Crippen LogP contribution in [0.4, 0.5) is 0 Å². The average molecular weight is 297 g/mol. The Hall–Kier alpha value is 0.117. The van der Waals surface area contributed by atoms with Gasteiger partial charge in [0.1, 0.15) is 0 Å². The van der Waals surface area contributed by atoms with Crippen LogP contribution < -0.4 is 0 Å². The quantitative estimate of drug-likeness (QED) is 0.291. The van der Waals surface area contributed by atoms with Gasteiger partial charge in [-0.3, -0.25) is 4.79 Å². The molecule has 0 amide bonds. The van der Waals surface area contributed by atoms with Crippen molar-refractivity contribution in [2.24, 2.45) is 0 Å². The van der Waals surface area contributed by atoms with E-state index in [2.05, 4.69) is 19.6 Å². The Kier molecular flexibility index (Phi) is 17.2. The van der Waals surface area contributed by atoms with Crippen LogP contribution in [0.1, 0.15) is 45.4 Å². The summed E-state index contributed by atoms with van der Waals surface area (Å²) >= 11 is 3.11. The minimum Gasteiger partial charge on any atom is -0.377 e. The first-order chi connectivity index (χ1) is 8.66. The van der Waals surface area contributed by atoms with Crippen molar-refractivity contribution in [3.05, 3.63) is 0 Å². The summed E-state index contributed by atoms with van der Waals surface area (Å²) in [5.74, 6) is 0. The summed E-state index contributed by atoms with van der Waals surface area (Å²) in [5, 5.41) is 0. The second-order valence-electron chi connectivity index (χ2n) is 3.92. The average Bonchev–Trinajstić information content (AvgIpc) is 2.40. The van der Waals surface area contributed by atoms with E-state index >= 15 is 0 Å². The predicted octanol–water partition coefficient (Wildman–Crippen LogP) is 3.33. The molecule has 0 atom stereocenters. The zero-order chi connectivity index (χ0) is 14.3. The fraction of sp³-hybridized carbons (Fsp3) is 0.917. The summed E-state index contributed by atoms with van der Waals surface area (Å²) in [7, 11) is 2.74. The van der Waals surface area contributed by atoms with Gasteiger partial charge < -0.3 is 13.3 Å². The van der Waals surface area contributed by atoms with Gasteiger partial charge in [0.05, 0.1) is 0 Å². The van der Waals surface area contributed by atoms with Crippen LogP contribution in [-0.2, 0) is 18.1 Å². The van der Waals surface area contributed by atoms with E-state index in [1.165, 1.54) is 32.1 Å². The highest BCUT2D eigenvalue weighted by atomic mass is 32.1. The molecule has 0 aromatic carbocycles. The van der Waals surface area contributed by atoms with E-state index < -0.39 is 8.80 Å². The third kappa shape index (κ3) is 11.2. The monoisotopic (exact) mass is 296 g/mol. The fourth-order valence-corrected chi connectivity index (χ4v) is 3.47. The zero-order valence-corrected chi connectivity index (χ0v) is 14.0. The van der Waals surface area contributed by atoms with Gasteiger partial charge in [-0.1, -0.05) is 39.0 Å². The lowest BCUT2D eigenvalue weighted by Crippen LogP contribution is -2.42. The van der Waals surface area contributed by atoms with Crippen LogP contribution in [0.5, 0.6) is 0 Å². The van der Waals surface area contributed by atoms with Crippen LogP contribution >= 0.6 is 12.6 Å². The molecule has 0 aliphatic heterocycles. The zero-order valence-electron chi connectivity index (χ0n) is 12.1. The van der Waals surface area contributed by atoms with E-state index in [1.807, 2.05) is 0 Å². The summed E-state index contributed by atoms with van der Waals surface area (Å²) in [5.41, 5.74) is 0.444. The number of rotatable bonds is 10.